The lowest BCUT2D eigenvalue weighted by molar-refractivity contribution is -0.141. The van der Waals surface area contributed by atoms with E-state index >= 15 is 0 Å². The van der Waals surface area contributed by atoms with Gasteiger partial charge in [0.2, 0.25) is 0 Å². The van der Waals surface area contributed by atoms with Crippen molar-refractivity contribution in [3.8, 4) is 11.8 Å². The van der Waals surface area contributed by atoms with Gasteiger partial charge < -0.3 is 20.2 Å². The Morgan fingerprint density at radius 1 is 1.16 bits per heavy atom. The third-order valence-electron chi connectivity index (χ3n) is 4.87. The van der Waals surface area contributed by atoms with Crippen molar-refractivity contribution in [2.24, 2.45) is 11.6 Å². The predicted molar refractivity (Wildman–Crippen MR) is 107 cm³/mol. The van der Waals surface area contributed by atoms with Crippen molar-refractivity contribution in [1.82, 2.24) is 20.0 Å². The Kier molecular flexibility index (Phi) is 7.16. The fourth-order valence-electron chi connectivity index (χ4n) is 3.20. The molecule has 168 valence electrons. The van der Waals surface area contributed by atoms with Crippen molar-refractivity contribution < 1.29 is 22.6 Å². The monoisotopic (exact) mass is 438 g/mol. The first-order valence-electron chi connectivity index (χ1n) is 9.87. The summed E-state index contributed by atoms with van der Waals surface area (Å²) >= 11 is 0. The summed E-state index contributed by atoms with van der Waals surface area (Å²) in [5.41, 5.74) is 6.02. The maximum Gasteiger partial charge on any atom is 0.433 e. The van der Waals surface area contributed by atoms with Crippen LogP contribution >= 0.6 is 0 Å². The molecule has 3 rings (SSSR count). The second kappa shape index (κ2) is 9.82. The molecule has 1 fully saturated rings. The van der Waals surface area contributed by atoms with Crippen LogP contribution in [0.5, 0.6) is 11.8 Å². The molecule has 0 radical (unpaired) electrons. The zero-order valence-electron chi connectivity index (χ0n) is 17.1. The number of ether oxygens (including phenoxy) is 2. The van der Waals surface area contributed by atoms with Gasteiger partial charge in [0.15, 0.2) is 5.69 Å². The predicted octanol–water partition coefficient (Wildman–Crippen LogP) is 3.11. The molecule has 2 aromatic heterocycles. The molecular formula is C20H25F3N6O2. The van der Waals surface area contributed by atoms with Gasteiger partial charge in [-0.2, -0.15) is 18.2 Å². The molecular weight excluding hydrogens is 413 g/mol. The highest BCUT2D eigenvalue weighted by Crippen LogP contribution is 2.28. The van der Waals surface area contributed by atoms with Crippen LogP contribution in [0.2, 0.25) is 0 Å². The molecule has 2 heterocycles. The van der Waals surface area contributed by atoms with Crippen molar-refractivity contribution in [2.75, 3.05) is 13.7 Å². The van der Waals surface area contributed by atoms with Crippen LogP contribution in [0.25, 0.3) is 5.70 Å². The maximum atomic E-state index is 12.8. The van der Waals surface area contributed by atoms with E-state index in [0.717, 1.165) is 37.9 Å². The maximum absolute atomic E-state index is 12.8. The molecule has 2 aromatic rings. The minimum Gasteiger partial charge on any atom is -0.489 e. The summed E-state index contributed by atoms with van der Waals surface area (Å²) in [5.74, 6) is 6.49. The molecule has 1 aliphatic rings. The third kappa shape index (κ3) is 6.20. The second-order valence-corrected chi connectivity index (χ2v) is 7.24. The van der Waals surface area contributed by atoms with Crippen LogP contribution in [-0.2, 0) is 6.18 Å². The summed E-state index contributed by atoms with van der Waals surface area (Å²) in [5, 5.41) is 1.21. The first-order valence-corrected chi connectivity index (χ1v) is 9.87. The molecule has 8 nitrogen and oxygen atoms in total. The van der Waals surface area contributed by atoms with Crippen LogP contribution in [0.15, 0.2) is 36.3 Å². The lowest BCUT2D eigenvalue weighted by Crippen LogP contribution is -2.31. The minimum absolute atomic E-state index is 0.195. The molecule has 0 spiro atoms. The van der Waals surface area contributed by atoms with Gasteiger partial charge in [-0.25, -0.2) is 10.8 Å². The number of halogens is 3. The molecule has 0 aliphatic heterocycles. The summed E-state index contributed by atoms with van der Waals surface area (Å²) in [6.07, 6.45) is 3.76. The lowest BCUT2D eigenvalue weighted by Gasteiger charge is -2.23. The Morgan fingerprint density at radius 2 is 1.90 bits per heavy atom. The van der Waals surface area contributed by atoms with Gasteiger partial charge in [0, 0.05) is 13.2 Å². The Balaban J connectivity index is 1.71. The number of rotatable bonds is 7. The van der Waals surface area contributed by atoms with Gasteiger partial charge in [0.25, 0.3) is 0 Å². The zero-order valence-corrected chi connectivity index (χ0v) is 17.1. The number of likely N-dealkylation sites (N-methyl/N-ethyl adjacent to an activating group) is 1. The molecule has 0 unspecified atom stereocenters. The number of nitrogens with zero attached hydrogens (tertiary/aromatic N) is 4. The quantitative estimate of drug-likeness (QED) is 0.501. The normalized spacial score (nSPS) is 15.9. The van der Waals surface area contributed by atoms with E-state index < -0.39 is 17.9 Å². The first-order chi connectivity index (χ1) is 14.7. The fourth-order valence-corrected chi connectivity index (χ4v) is 3.20. The van der Waals surface area contributed by atoms with Gasteiger partial charge >= 0.3 is 12.2 Å². The topological polar surface area (TPSA) is 112 Å². The van der Waals surface area contributed by atoms with Crippen molar-refractivity contribution in [3.63, 3.8) is 0 Å². The summed E-state index contributed by atoms with van der Waals surface area (Å²) in [7, 11) is 1.53. The first kappa shape index (κ1) is 22.6. The van der Waals surface area contributed by atoms with Crippen LogP contribution in [0.1, 0.15) is 43.5 Å². The molecule has 0 atom stereocenters. The second-order valence-electron chi connectivity index (χ2n) is 7.24. The Morgan fingerprint density at radius 3 is 2.52 bits per heavy atom. The minimum atomic E-state index is -4.60. The fraction of sp³-hybridized carbons (Fsp3) is 0.450. The van der Waals surface area contributed by atoms with E-state index in [-0.39, 0.29) is 18.4 Å². The molecule has 31 heavy (non-hydrogen) atoms. The highest BCUT2D eigenvalue weighted by molar-refractivity contribution is 5.63. The van der Waals surface area contributed by atoms with Crippen LogP contribution in [0, 0.1) is 0 Å². The average molecular weight is 438 g/mol. The van der Waals surface area contributed by atoms with Crippen molar-refractivity contribution >= 4 is 5.70 Å². The van der Waals surface area contributed by atoms with E-state index in [1.165, 1.54) is 18.5 Å². The molecule has 11 heteroatoms. The number of aromatic nitrogens is 3. The van der Waals surface area contributed by atoms with Gasteiger partial charge in [0.05, 0.1) is 29.4 Å². The summed E-state index contributed by atoms with van der Waals surface area (Å²) in [4.78, 5) is 11.4. The Labute approximate surface area is 178 Å². The molecule has 0 aromatic carbocycles. The number of hydrazine groups is 1. The molecule has 4 N–H and O–H groups in total. The van der Waals surface area contributed by atoms with E-state index in [9.17, 15) is 13.2 Å². The summed E-state index contributed by atoms with van der Waals surface area (Å²) in [6.45, 7) is -0.248. The smallest absolute Gasteiger partial charge is 0.433 e. The lowest BCUT2D eigenvalue weighted by atomic mass is 9.98. The SMILES string of the molecule is CN(N)/C(COc1nccc(C(F)(F)F)n1)=C(\N)c1ccc(OC2CCCCC2)cn1. The summed E-state index contributed by atoms with van der Waals surface area (Å²) < 4.78 is 49.7. The van der Waals surface area contributed by atoms with Crippen molar-refractivity contribution in [2.45, 2.75) is 44.4 Å². The van der Waals surface area contributed by atoms with Crippen LogP contribution in [-0.4, -0.2) is 39.7 Å². The van der Waals surface area contributed by atoms with E-state index in [2.05, 4.69) is 15.0 Å². The van der Waals surface area contributed by atoms with Gasteiger partial charge in [-0.1, -0.05) is 6.42 Å². The average Bonchev–Trinajstić information content (AvgIpc) is 2.74. The van der Waals surface area contributed by atoms with E-state index in [0.29, 0.717) is 17.1 Å². The van der Waals surface area contributed by atoms with E-state index in [4.69, 9.17) is 21.1 Å². The van der Waals surface area contributed by atoms with Gasteiger partial charge in [-0.05, 0) is 43.9 Å². The summed E-state index contributed by atoms with van der Waals surface area (Å²) in [6, 6.07) is 3.78. The number of alkyl halides is 3. The van der Waals surface area contributed by atoms with Gasteiger partial charge in [-0.3, -0.25) is 4.98 Å². The molecule has 0 bridgehead atoms. The third-order valence-corrected chi connectivity index (χ3v) is 4.87. The van der Waals surface area contributed by atoms with E-state index in [1.54, 1.807) is 18.3 Å². The van der Waals surface area contributed by atoms with Crippen LogP contribution < -0.4 is 21.1 Å². The van der Waals surface area contributed by atoms with Crippen LogP contribution in [0.4, 0.5) is 13.2 Å². The highest BCUT2D eigenvalue weighted by atomic mass is 19.4. The number of nitrogens with two attached hydrogens (primary N) is 2. The van der Waals surface area contributed by atoms with Gasteiger partial charge in [-0.15, -0.1) is 0 Å². The number of hydrogen-bond donors (Lipinski definition) is 2. The number of pyridine rings is 1. The van der Waals surface area contributed by atoms with Gasteiger partial charge in [0.1, 0.15) is 12.4 Å². The number of hydrogen-bond acceptors (Lipinski definition) is 8. The largest absolute Gasteiger partial charge is 0.489 e. The molecule has 1 saturated carbocycles. The van der Waals surface area contributed by atoms with Crippen molar-refractivity contribution in [1.29, 1.82) is 0 Å². The molecule has 1 aliphatic carbocycles. The molecule has 0 amide bonds. The Hall–Kier alpha value is -3.08. The van der Waals surface area contributed by atoms with E-state index in [1.807, 2.05) is 0 Å². The zero-order chi connectivity index (χ0) is 22.4. The van der Waals surface area contributed by atoms with Crippen LogP contribution in [0.3, 0.4) is 0 Å². The molecule has 0 saturated heterocycles. The standard InChI is InChI=1S/C20H25F3N6O2/c1-29(25)16(12-30-19-26-10-9-17(28-19)20(21,22)23)18(24)15-8-7-14(11-27-15)31-13-5-3-2-4-6-13/h7-11,13H,2-6,12,24-25H2,1H3/b18-16-. The van der Waals surface area contributed by atoms with Crippen molar-refractivity contribution in [3.05, 3.63) is 47.7 Å². The highest BCUT2D eigenvalue weighted by Gasteiger charge is 2.33. The Bertz CT molecular complexity index is 897.